The minimum Gasteiger partial charge on any atom is -0.503 e. The van der Waals surface area contributed by atoms with Crippen molar-refractivity contribution in [2.75, 3.05) is 11.7 Å². The number of aliphatic hydroxyl groups is 1. The van der Waals surface area contributed by atoms with Gasteiger partial charge in [-0.1, -0.05) is 25.1 Å². The molecule has 0 radical (unpaired) electrons. The third-order valence-electron chi connectivity index (χ3n) is 5.38. The van der Waals surface area contributed by atoms with Crippen LogP contribution in [-0.4, -0.2) is 28.6 Å². The minimum atomic E-state index is -0.744. The molecular formula is C22H18N2O5. The number of carbonyl (C=O) groups excluding carboxylic acids is 2. The lowest BCUT2D eigenvalue weighted by Gasteiger charge is -2.26. The van der Waals surface area contributed by atoms with Crippen LogP contribution in [0.1, 0.15) is 24.9 Å². The fraction of sp³-hybridized carbons (Fsp3) is 0.182. The van der Waals surface area contributed by atoms with Crippen LogP contribution in [0.5, 0.6) is 11.5 Å². The van der Waals surface area contributed by atoms with Crippen LogP contribution >= 0.6 is 0 Å². The van der Waals surface area contributed by atoms with Gasteiger partial charge in [0.1, 0.15) is 0 Å². The molecule has 0 spiro atoms. The van der Waals surface area contributed by atoms with Crippen molar-refractivity contribution in [1.82, 2.24) is 4.98 Å². The summed E-state index contributed by atoms with van der Waals surface area (Å²) in [5.41, 5.74) is 2.25. The highest BCUT2D eigenvalue weighted by molar-refractivity contribution is 6.17. The van der Waals surface area contributed by atoms with Crippen molar-refractivity contribution in [3.8, 4) is 11.5 Å². The van der Waals surface area contributed by atoms with Gasteiger partial charge in [0.15, 0.2) is 23.0 Å². The maximum Gasteiger partial charge on any atom is 0.294 e. The van der Waals surface area contributed by atoms with E-state index in [-0.39, 0.29) is 24.6 Å². The normalized spacial score (nSPS) is 18.2. The van der Waals surface area contributed by atoms with Crippen LogP contribution in [0.4, 0.5) is 5.69 Å². The zero-order valence-electron chi connectivity index (χ0n) is 15.6. The number of hydrogen-bond donors (Lipinski definition) is 2. The molecular weight excluding hydrogens is 372 g/mol. The molecule has 3 aromatic rings. The SMILES string of the molecule is CCC(=O)C1=C(O)C(=O)N(c2ccc3c(c2)OCO3)C1c1c[nH]c2ccccc12. The molecule has 1 atom stereocenters. The van der Waals surface area contributed by atoms with E-state index in [4.69, 9.17) is 9.47 Å². The Labute approximate surface area is 166 Å². The van der Waals surface area contributed by atoms with Gasteiger partial charge in [0.05, 0.1) is 11.6 Å². The average Bonchev–Trinajstić information content (AvgIpc) is 3.44. The summed E-state index contributed by atoms with van der Waals surface area (Å²) in [4.78, 5) is 30.4. The van der Waals surface area contributed by atoms with Gasteiger partial charge in [0.25, 0.3) is 5.91 Å². The average molecular weight is 390 g/mol. The molecule has 2 aromatic carbocycles. The molecule has 7 heteroatoms. The molecule has 0 saturated heterocycles. The van der Waals surface area contributed by atoms with Crippen molar-refractivity contribution in [3.63, 3.8) is 0 Å². The van der Waals surface area contributed by atoms with Gasteiger partial charge in [-0.25, -0.2) is 0 Å². The molecule has 0 aliphatic carbocycles. The fourth-order valence-electron chi connectivity index (χ4n) is 4.00. The number of ether oxygens (including phenoxy) is 2. The summed E-state index contributed by atoms with van der Waals surface area (Å²) >= 11 is 0. The van der Waals surface area contributed by atoms with E-state index in [0.717, 1.165) is 16.5 Å². The second kappa shape index (κ2) is 6.41. The Bertz CT molecular complexity index is 1190. The third-order valence-corrected chi connectivity index (χ3v) is 5.38. The Morgan fingerprint density at radius 3 is 2.83 bits per heavy atom. The maximum atomic E-state index is 13.1. The zero-order chi connectivity index (χ0) is 20.1. The first-order chi connectivity index (χ1) is 14.1. The van der Waals surface area contributed by atoms with Crippen molar-refractivity contribution in [2.24, 2.45) is 0 Å². The summed E-state index contributed by atoms with van der Waals surface area (Å²) in [6.07, 6.45) is 1.96. The largest absolute Gasteiger partial charge is 0.503 e. The Morgan fingerprint density at radius 1 is 1.21 bits per heavy atom. The van der Waals surface area contributed by atoms with Crippen molar-refractivity contribution in [1.29, 1.82) is 0 Å². The number of fused-ring (bicyclic) bond motifs is 2. The van der Waals surface area contributed by atoms with Crippen LogP contribution in [0, 0.1) is 0 Å². The highest BCUT2D eigenvalue weighted by Crippen LogP contribution is 2.45. The Hall–Kier alpha value is -3.74. The molecule has 3 heterocycles. The summed E-state index contributed by atoms with van der Waals surface area (Å²) in [6, 6.07) is 12.0. The van der Waals surface area contributed by atoms with E-state index in [1.54, 1.807) is 31.3 Å². The van der Waals surface area contributed by atoms with Gasteiger partial charge in [-0.2, -0.15) is 0 Å². The van der Waals surface area contributed by atoms with Crippen molar-refractivity contribution in [2.45, 2.75) is 19.4 Å². The number of carbonyl (C=O) groups is 2. The number of ketones is 1. The predicted octanol–water partition coefficient (Wildman–Crippen LogP) is 3.78. The lowest BCUT2D eigenvalue weighted by Crippen LogP contribution is -2.30. The first kappa shape index (κ1) is 17.4. The third kappa shape index (κ3) is 2.51. The molecule has 0 fully saturated rings. The molecule has 0 bridgehead atoms. The van der Waals surface area contributed by atoms with Crippen molar-refractivity contribution < 1.29 is 24.2 Å². The topological polar surface area (TPSA) is 91.9 Å². The number of aliphatic hydroxyl groups excluding tert-OH is 1. The first-order valence-corrected chi connectivity index (χ1v) is 9.35. The highest BCUT2D eigenvalue weighted by Gasteiger charge is 2.45. The number of nitrogens with zero attached hydrogens (tertiary/aromatic N) is 1. The van der Waals surface area contributed by atoms with E-state index in [2.05, 4.69) is 4.98 Å². The van der Waals surface area contributed by atoms with Crippen LogP contribution in [0.3, 0.4) is 0 Å². The number of hydrogen-bond acceptors (Lipinski definition) is 5. The van der Waals surface area contributed by atoms with E-state index in [0.29, 0.717) is 17.2 Å². The molecule has 1 aromatic heterocycles. The second-order valence-electron chi connectivity index (χ2n) is 6.94. The van der Waals surface area contributed by atoms with Crippen molar-refractivity contribution >= 4 is 28.3 Å². The lowest BCUT2D eigenvalue weighted by molar-refractivity contribution is -0.118. The van der Waals surface area contributed by atoms with Gasteiger partial charge < -0.3 is 19.6 Å². The molecule has 2 aliphatic heterocycles. The standard InChI is InChI=1S/C22H18N2O5/c1-2-16(25)19-20(14-10-23-15-6-4-3-5-13(14)15)24(22(27)21(19)26)12-7-8-17-18(9-12)29-11-28-17/h3-10,20,23,26H,2,11H2,1H3. The summed E-state index contributed by atoms with van der Waals surface area (Å²) < 4.78 is 10.8. The Morgan fingerprint density at radius 2 is 2.00 bits per heavy atom. The predicted molar refractivity (Wildman–Crippen MR) is 106 cm³/mol. The van der Waals surface area contributed by atoms with Gasteiger partial charge in [0, 0.05) is 40.8 Å². The number of para-hydroxylation sites is 1. The molecule has 0 saturated carbocycles. The smallest absolute Gasteiger partial charge is 0.294 e. The number of amides is 1. The van der Waals surface area contributed by atoms with Gasteiger partial charge in [-0.3, -0.25) is 14.5 Å². The number of Topliss-reactive ketones (excluding diaryl/α,β-unsaturated/α-hetero) is 1. The molecule has 2 aliphatic rings. The van der Waals surface area contributed by atoms with Gasteiger partial charge in [-0.05, 0) is 18.2 Å². The minimum absolute atomic E-state index is 0.111. The van der Waals surface area contributed by atoms with Gasteiger partial charge >= 0.3 is 0 Å². The van der Waals surface area contributed by atoms with Crippen LogP contribution < -0.4 is 14.4 Å². The fourth-order valence-corrected chi connectivity index (χ4v) is 4.00. The van der Waals surface area contributed by atoms with Crippen LogP contribution in [0.15, 0.2) is 60.0 Å². The monoisotopic (exact) mass is 390 g/mol. The van der Waals surface area contributed by atoms with E-state index < -0.39 is 17.7 Å². The van der Waals surface area contributed by atoms with E-state index in [1.807, 2.05) is 24.3 Å². The number of benzene rings is 2. The number of aromatic nitrogens is 1. The van der Waals surface area contributed by atoms with E-state index in [1.165, 1.54) is 4.90 Å². The van der Waals surface area contributed by atoms with Gasteiger partial charge in [0.2, 0.25) is 6.79 Å². The Balaban J connectivity index is 1.71. The van der Waals surface area contributed by atoms with Crippen LogP contribution in [-0.2, 0) is 9.59 Å². The van der Waals surface area contributed by atoms with Gasteiger partial charge in [-0.15, -0.1) is 0 Å². The van der Waals surface area contributed by atoms with Crippen LogP contribution in [0.25, 0.3) is 10.9 Å². The highest BCUT2D eigenvalue weighted by atomic mass is 16.7. The zero-order valence-corrected chi connectivity index (χ0v) is 15.6. The summed E-state index contributed by atoms with van der Waals surface area (Å²) in [6.45, 7) is 1.82. The molecule has 146 valence electrons. The molecule has 1 unspecified atom stereocenters. The quantitative estimate of drug-likeness (QED) is 0.707. The molecule has 1 amide bonds. The van der Waals surface area contributed by atoms with Crippen molar-refractivity contribution in [3.05, 3.63) is 65.6 Å². The van der Waals surface area contributed by atoms with Crippen LogP contribution in [0.2, 0.25) is 0 Å². The number of rotatable bonds is 4. The first-order valence-electron chi connectivity index (χ1n) is 9.35. The second-order valence-corrected chi connectivity index (χ2v) is 6.94. The summed E-state index contributed by atoms with van der Waals surface area (Å²) in [5.74, 6) is -0.288. The number of anilines is 1. The molecule has 7 nitrogen and oxygen atoms in total. The lowest BCUT2D eigenvalue weighted by atomic mass is 9.94. The maximum absolute atomic E-state index is 13.1. The molecule has 2 N–H and O–H groups in total. The number of aromatic amines is 1. The number of H-pyrrole nitrogens is 1. The molecule has 29 heavy (non-hydrogen) atoms. The van der Waals surface area contributed by atoms with E-state index >= 15 is 0 Å². The summed E-state index contributed by atoms with van der Waals surface area (Å²) in [7, 11) is 0. The summed E-state index contributed by atoms with van der Waals surface area (Å²) in [5, 5.41) is 11.5. The Kier molecular flexibility index (Phi) is 3.84. The molecule has 5 rings (SSSR count). The van der Waals surface area contributed by atoms with E-state index in [9.17, 15) is 14.7 Å². The number of nitrogens with one attached hydrogen (secondary N) is 1.